The molecule has 186 valence electrons. The number of hydrogen-bond acceptors (Lipinski definition) is 8. The summed E-state index contributed by atoms with van der Waals surface area (Å²) in [5.41, 5.74) is 1.83. The van der Waals surface area contributed by atoms with Crippen LogP contribution in [0.25, 0.3) is 5.65 Å². The highest BCUT2D eigenvalue weighted by Crippen LogP contribution is 2.37. The maximum absolute atomic E-state index is 12.2. The maximum atomic E-state index is 12.2. The molecule has 0 bridgehead atoms. The van der Waals surface area contributed by atoms with Gasteiger partial charge in [-0.25, -0.2) is 9.78 Å². The second-order valence-corrected chi connectivity index (χ2v) is 10.4. The monoisotopic (exact) mass is 479 g/mol. The number of aromatic nitrogens is 5. The summed E-state index contributed by atoms with van der Waals surface area (Å²) < 4.78 is 7.61. The van der Waals surface area contributed by atoms with E-state index in [-0.39, 0.29) is 23.7 Å². The first-order valence-corrected chi connectivity index (χ1v) is 12.5. The molecule has 3 N–H and O–H groups in total. The van der Waals surface area contributed by atoms with Crippen molar-refractivity contribution in [1.29, 1.82) is 0 Å². The summed E-state index contributed by atoms with van der Waals surface area (Å²) in [4.78, 5) is 26.2. The third kappa shape index (κ3) is 4.77. The lowest BCUT2D eigenvalue weighted by atomic mass is 10.0. The predicted molar refractivity (Wildman–Crippen MR) is 132 cm³/mol. The Labute approximate surface area is 204 Å². The van der Waals surface area contributed by atoms with Crippen LogP contribution in [-0.2, 0) is 4.74 Å². The fraction of sp³-hybridized carbons (Fsp3) is 0.583. The van der Waals surface area contributed by atoms with Crippen LogP contribution in [0, 0.1) is 0 Å². The molecule has 2 atom stereocenters. The van der Waals surface area contributed by atoms with Crippen molar-refractivity contribution in [3.63, 3.8) is 0 Å². The number of likely N-dealkylation sites (N-methyl/N-ethyl adjacent to an activating group) is 1. The molecule has 3 fully saturated rings. The zero-order valence-corrected chi connectivity index (χ0v) is 20.3. The van der Waals surface area contributed by atoms with Gasteiger partial charge in [-0.15, -0.1) is 0 Å². The molecule has 11 nitrogen and oxygen atoms in total. The minimum Gasteiger partial charge on any atom is -0.446 e. The van der Waals surface area contributed by atoms with Gasteiger partial charge in [-0.1, -0.05) is 0 Å². The molecule has 0 unspecified atom stereocenters. The van der Waals surface area contributed by atoms with Crippen molar-refractivity contribution >= 4 is 29.3 Å². The highest BCUT2D eigenvalue weighted by Gasteiger charge is 2.40. The van der Waals surface area contributed by atoms with Crippen molar-refractivity contribution < 1.29 is 9.53 Å². The van der Waals surface area contributed by atoms with Crippen LogP contribution >= 0.6 is 0 Å². The van der Waals surface area contributed by atoms with E-state index >= 15 is 0 Å². The molecule has 11 heteroatoms. The third-order valence-corrected chi connectivity index (χ3v) is 7.54. The van der Waals surface area contributed by atoms with Crippen LogP contribution in [0.5, 0.6) is 0 Å². The number of alkyl carbamates (subject to hydrolysis) is 1. The van der Waals surface area contributed by atoms with E-state index in [1.165, 1.54) is 0 Å². The number of imidazole rings is 1. The van der Waals surface area contributed by atoms with Crippen molar-refractivity contribution in [2.24, 2.45) is 0 Å². The number of piperazine rings is 1. The van der Waals surface area contributed by atoms with Crippen molar-refractivity contribution in [1.82, 2.24) is 34.8 Å². The predicted octanol–water partition coefficient (Wildman–Crippen LogP) is 2.86. The van der Waals surface area contributed by atoms with Crippen molar-refractivity contribution in [2.45, 2.75) is 56.6 Å². The second kappa shape index (κ2) is 8.71. The second-order valence-electron chi connectivity index (χ2n) is 10.4. The number of anilines is 3. The maximum Gasteiger partial charge on any atom is 0.407 e. The van der Waals surface area contributed by atoms with Gasteiger partial charge in [0, 0.05) is 67.9 Å². The minimum atomic E-state index is -0.293. The first-order chi connectivity index (χ1) is 16.9. The number of carbonyl (C=O) groups is 1. The number of H-pyrrole nitrogens is 1. The summed E-state index contributed by atoms with van der Waals surface area (Å²) in [5, 5.41) is 14.0. The molecule has 1 amide bonds. The van der Waals surface area contributed by atoms with Gasteiger partial charge in [0.25, 0.3) is 0 Å². The lowest BCUT2D eigenvalue weighted by Gasteiger charge is -2.33. The van der Waals surface area contributed by atoms with E-state index in [0.29, 0.717) is 11.8 Å². The van der Waals surface area contributed by atoms with Gasteiger partial charge in [-0.2, -0.15) is 10.1 Å². The van der Waals surface area contributed by atoms with Gasteiger partial charge in [-0.3, -0.25) is 9.50 Å². The highest BCUT2D eigenvalue weighted by molar-refractivity contribution is 5.69. The number of rotatable bonds is 6. The first-order valence-electron chi connectivity index (χ1n) is 12.5. The molecule has 1 saturated heterocycles. The molecule has 3 aliphatic rings. The quantitative estimate of drug-likeness (QED) is 0.494. The number of fused-ring (bicyclic) bond motifs is 1. The Morgan fingerprint density at radius 2 is 2.03 bits per heavy atom. The fourth-order valence-electron chi connectivity index (χ4n) is 4.99. The lowest BCUT2D eigenvalue weighted by molar-refractivity contribution is 0.0967. The molecular weight excluding hydrogens is 446 g/mol. The summed E-state index contributed by atoms with van der Waals surface area (Å²) in [6, 6.07) is 4.07. The van der Waals surface area contributed by atoms with E-state index in [9.17, 15) is 4.79 Å². The summed E-state index contributed by atoms with van der Waals surface area (Å²) in [6.45, 7) is 5.96. The molecule has 0 aromatic carbocycles. The Balaban J connectivity index is 1.12. The Bertz CT molecular complexity index is 1210. The summed E-state index contributed by atoms with van der Waals surface area (Å²) in [6.07, 6.45) is 8.00. The number of nitrogens with one attached hydrogen (secondary N) is 3. The van der Waals surface area contributed by atoms with Crippen molar-refractivity contribution in [3.8, 4) is 0 Å². The average molecular weight is 480 g/mol. The molecule has 1 aliphatic heterocycles. The van der Waals surface area contributed by atoms with Gasteiger partial charge in [0.05, 0.1) is 0 Å². The van der Waals surface area contributed by atoms with Crippen LogP contribution in [0.15, 0.2) is 24.5 Å². The standard InChI is InChI=1S/C24H33N9O2/c1-24(5-6-24)28-23(34)35-17-4-3-16(13-17)18-14-19(30-29-18)26-22-27-21(15-20-25-7-8-33(20)22)32-11-9-31(2)10-12-32/h7-8,14-17H,3-6,9-13H2,1-2H3,(H,28,34)(H2,26,27,29,30)/t16-,17+/m0/s1. The Morgan fingerprint density at radius 1 is 1.20 bits per heavy atom. The van der Waals surface area contributed by atoms with E-state index in [0.717, 1.165) is 75.4 Å². The van der Waals surface area contributed by atoms with Gasteiger partial charge in [0.15, 0.2) is 5.82 Å². The van der Waals surface area contributed by atoms with Crippen LogP contribution in [0.1, 0.15) is 50.6 Å². The van der Waals surface area contributed by atoms with E-state index in [1.807, 2.05) is 22.7 Å². The number of ether oxygens (including phenoxy) is 1. The largest absolute Gasteiger partial charge is 0.446 e. The minimum absolute atomic E-state index is 0.0601. The van der Waals surface area contributed by atoms with E-state index in [2.05, 4.69) is 49.6 Å². The van der Waals surface area contributed by atoms with Crippen LogP contribution in [0.2, 0.25) is 0 Å². The molecule has 2 saturated carbocycles. The number of carbonyl (C=O) groups excluding carboxylic acids is 1. The molecule has 3 aromatic heterocycles. The third-order valence-electron chi connectivity index (χ3n) is 7.54. The first kappa shape index (κ1) is 22.1. The van der Waals surface area contributed by atoms with E-state index in [4.69, 9.17) is 9.72 Å². The Kier molecular flexibility index (Phi) is 5.51. The lowest BCUT2D eigenvalue weighted by Crippen LogP contribution is -2.44. The molecular formula is C24H33N9O2. The SMILES string of the molecule is CN1CCN(c2cc3nccn3c(Nc3cc([C@H]4CC[C@@H](OC(=O)NC5(C)CC5)C4)[nH]n3)n2)CC1. The number of amides is 1. The van der Waals surface area contributed by atoms with Crippen LogP contribution in [0.3, 0.4) is 0 Å². The van der Waals surface area contributed by atoms with Crippen LogP contribution < -0.4 is 15.5 Å². The van der Waals surface area contributed by atoms with Gasteiger partial charge in [-0.05, 0) is 46.1 Å². The van der Waals surface area contributed by atoms with Crippen molar-refractivity contribution in [2.75, 3.05) is 43.4 Å². The number of hydrogen-bond donors (Lipinski definition) is 3. The molecule has 4 heterocycles. The Hall–Kier alpha value is -3.34. The fourth-order valence-corrected chi connectivity index (χ4v) is 4.99. The molecule has 0 spiro atoms. The van der Waals surface area contributed by atoms with Crippen LogP contribution in [-0.4, -0.2) is 80.4 Å². The molecule has 0 radical (unpaired) electrons. The number of nitrogens with zero attached hydrogens (tertiary/aromatic N) is 6. The van der Waals surface area contributed by atoms with Gasteiger partial charge in [0.1, 0.15) is 17.6 Å². The highest BCUT2D eigenvalue weighted by atomic mass is 16.6. The molecule has 3 aromatic rings. The molecule has 2 aliphatic carbocycles. The molecule has 35 heavy (non-hydrogen) atoms. The summed E-state index contributed by atoms with van der Waals surface area (Å²) >= 11 is 0. The zero-order valence-electron chi connectivity index (χ0n) is 20.3. The van der Waals surface area contributed by atoms with E-state index in [1.54, 1.807) is 6.20 Å². The van der Waals surface area contributed by atoms with Crippen LogP contribution in [0.4, 0.5) is 22.4 Å². The topological polar surface area (TPSA) is 116 Å². The average Bonchev–Trinajstić information content (AvgIpc) is 3.28. The van der Waals surface area contributed by atoms with Crippen molar-refractivity contribution in [3.05, 3.63) is 30.2 Å². The van der Waals surface area contributed by atoms with Gasteiger partial charge >= 0.3 is 6.09 Å². The van der Waals surface area contributed by atoms with Gasteiger partial charge in [0.2, 0.25) is 5.95 Å². The molecule has 6 rings (SSSR count). The smallest absolute Gasteiger partial charge is 0.407 e. The normalized spacial score (nSPS) is 24.0. The summed E-state index contributed by atoms with van der Waals surface area (Å²) in [7, 11) is 2.15. The van der Waals surface area contributed by atoms with E-state index < -0.39 is 0 Å². The van der Waals surface area contributed by atoms with Gasteiger partial charge < -0.3 is 25.2 Å². The zero-order chi connectivity index (χ0) is 24.0. The summed E-state index contributed by atoms with van der Waals surface area (Å²) in [5.74, 6) is 2.60. The number of aromatic amines is 1. The Morgan fingerprint density at radius 3 is 2.83 bits per heavy atom.